The Balaban J connectivity index is 1.47. The van der Waals surface area contributed by atoms with E-state index in [4.69, 9.17) is 16.0 Å². The molecule has 4 rings (SSSR count). The molecule has 0 bridgehead atoms. The van der Waals surface area contributed by atoms with Crippen LogP contribution in [0.1, 0.15) is 47.2 Å². The summed E-state index contributed by atoms with van der Waals surface area (Å²) >= 11 is 6.02. The van der Waals surface area contributed by atoms with Gasteiger partial charge in [-0.25, -0.2) is 4.39 Å². The van der Waals surface area contributed by atoms with Crippen LogP contribution in [0, 0.1) is 11.7 Å². The van der Waals surface area contributed by atoms with Gasteiger partial charge in [0, 0.05) is 31.2 Å². The molecule has 1 aliphatic heterocycles. The Bertz CT molecular complexity index is 1040. The molecule has 168 valence electrons. The summed E-state index contributed by atoms with van der Waals surface area (Å²) < 4.78 is 19.7. The fraction of sp³-hybridized carbons (Fsp3) is 0.346. The van der Waals surface area contributed by atoms with Crippen molar-refractivity contribution in [1.82, 2.24) is 9.80 Å². The first kappa shape index (κ1) is 22.6. The number of amides is 1. The van der Waals surface area contributed by atoms with Crippen molar-refractivity contribution in [2.75, 3.05) is 13.1 Å². The maximum absolute atomic E-state index is 13.7. The Morgan fingerprint density at radius 3 is 2.47 bits per heavy atom. The zero-order valence-electron chi connectivity index (χ0n) is 18.3. The van der Waals surface area contributed by atoms with Crippen LogP contribution in [0.5, 0.6) is 0 Å². The molecule has 4 nitrogen and oxygen atoms in total. The highest BCUT2D eigenvalue weighted by Gasteiger charge is 2.24. The number of rotatable bonds is 7. The Morgan fingerprint density at radius 2 is 1.75 bits per heavy atom. The molecule has 6 heteroatoms. The van der Waals surface area contributed by atoms with Gasteiger partial charge in [0.15, 0.2) is 5.76 Å². The van der Waals surface area contributed by atoms with E-state index >= 15 is 0 Å². The first-order valence-electron chi connectivity index (χ1n) is 11.1. The minimum absolute atomic E-state index is 0.0440. The molecule has 0 spiro atoms. The Kier molecular flexibility index (Phi) is 7.28. The van der Waals surface area contributed by atoms with Crippen LogP contribution in [0.25, 0.3) is 0 Å². The number of nitrogens with zero attached hydrogens (tertiary/aromatic N) is 2. The number of furan rings is 1. The van der Waals surface area contributed by atoms with E-state index in [0.717, 1.165) is 37.1 Å². The van der Waals surface area contributed by atoms with E-state index in [2.05, 4.69) is 11.8 Å². The van der Waals surface area contributed by atoms with Crippen molar-refractivity contribution < 1.29 is 13.6 Å². The van der Waals surface area contributed by atoms with Crippen LogP contribution in [0.2, 0.25) is 5.02 Å². The lowest BCUT2D eigenvalue weighted by Crippen LogP contribution is -2.37. The van der Waals surface area contributed by atoms with Gasteiger partial charge in [-0.3, -0.25) is 9.69 Å². The lowest BCUT2D eigenvalue weighted by molar-refractivity contribution is 0.0661. The molecular weight excluding hydrogens is 427 g/mol. The number of hydrogen-bond acceptors (Lipinski definition) is 3. The van der Waals surface area contributed by atoms with Gasteiger partial charge in [0.25, 0.3) is 5.91 Å². The Hall–Kier alpha value is -2.63. The number of carbonyl (C=O) groups is 1. The average molecular weight is 455 g/mol. The highest BCUT2D eigenvalue weighted by molar-refractivity contribution is 6.30. The van der Waals surface area contributed by atoms with Crippen LogP contribution >= 0.6 is 11.6 Å². The number of halogens is 2. The van der Waals surface area contributed by atoms with E-state index in [9.17, 15) is 9.18 Å². The van der Waals surface area contributed by atoms with Crippen molar-refractivity contribution in [3.63, 3.8) is 0 Å². The number of carbonyl (C=O) groups excluding carboxylic acids is 1. The molecule has 2 aromatic carbocycles. The molecule has 1 amide bonds. The number of hydrogen-bond donors (Lipinski definition) is 0. The molecule has 0 unspecified atom stereocenters. The number of likely N-dealkylation sites (tertiary alicyclic amines) is 1. The summed E-state index contributed by atoms with van der Waals surface area (Å²) in [6, 6.07) is 17.9. The molecule has 0 atom stereocenters. The second kappa shape index (κ2) is 10.3. The lowest BCUT2D eigenvalue weighted by atomic mass is 9.99. The fourth-order valence-corrected chi connectivity index (χ4v) is 4.20. The molecule has 1 saturated heterocycles. The van der Waals surface area contributed by atoms with Gasteiger partial charge in [-0.15, -0.1) is 0 Å². The average Bonchev–Trinajstić information content (AvgIpc) is 3.24. The van der Waals surface area contributed by atoms with Crippen LogP contribution in [0.4, 0.5) is 4.39 Å². The highest BCUT2D eigenvalue weighted by Crippen LogP contribution is 2.21. The Morgan fingerprint density at radius 1 is 1.03 bits per heavy atom. The van der Waals surface area contributed by atoms with E-state index in [1.807, 2.05) is 41.3 Å². The second-order valence-electron chi connectivity index (χ2n) is 8.64. The third-order valence-electron chi connectivity index (χ3n) is 5.94. The van der Waals surface area contributed by atoms with Gasteiger partial charge >= 0.3 is 0 Å². The third-order valence-corrected chi connectivity index (χ3v) is 6.19. The quantitative estimate of drug-likeness (QED) is 0.429. The van der Waals surface area contributed by atoms with Crippen molar-refractivity contribution >= 4 is 17.5 Å². The molecule has 0 saturated carbocycles. The predicted octanol–water partition coefficient (Wildman–Crippen LogP) is 6.15. The molecular formula is C26H28ClFN2O2. The largest absolute Gasteiger partial charge is 0.455 e. The zero-order chi connectivity index (χ0) is 22.5. The van der Waals surface area contributed by atoms with Crippen LogP contribution in [-0.2, 0) is 19.6 Å². The first-order chi connectivity index (χ1) is 15.5. The van der Waals surface area contributed by atoms with Gasteiger partial charge in [-0.05, 0) is 66.3 Å². The number of benzene rings is 2. The maximum Gasteiger partial charge on any atom is 0.289 e. The van der Waals surface area contributed by atoms with Crippen molar-refractivity contribution in [3.8, 4) is 0 Å². The van der Waals surface area contributed by atoms with E-state index in [1.165, 1.54) is 6.07 Å². The van der Waals surface area contributed by atoms with E-state index in [-0.39, 0.29) is 11.7 Å². The Labute approximate surface area is 193 Å². The van der Waals surface area contributed by atoms with Gasteiger partial charge in [-0.1, -0.05) is 42.8 Å². The van der Waals surface area contributed by atoms with Crippen LogP contribution in [-0.4, -0.2) is 28.8 Å². The summed E-state index contributed by atoms with van der Waals surface area (Å²) in [7, 11) is 0. The summed E-state index contributed by atoms with van der Waals surface area (Å²) in [5.74, 6) is 1.46. The van der Waals surface area contributed by atoms with E-state index in [0.29, 0.717) is 42.1 Å². The summed E-state index contributed by atoms with van der Waals surface area (Å²) in [5, 5.41) is 0.687. The summed E-state index contributed by atoms with van der Waals surface area (Å²) in [6.45, 7) is 5.47. The zero-order valence-corrected chi connectivity index (χ0v) is 19.0. The number of piperidine rings is 1. The summed E-state index contributed by atoms with van der Waals surface area (Å²) in [6.07, 6.45) is 2.06. The molecule has 3 aromatic rings. The van der Waals surface area contributed by atoms with Gasteiger partial charge < -0.3 is 9.32 Å². The normalized spacial score (nSPS) is 14.8. The minimum Gasteiger partial charge on any atom is -0.455 e. The molecule has 32 heavy (non-hydrogen) atoms. The van der Waals surface area contributed by atoms with Crippen LogP contribution < -0.4 is 0 Å². The van der Waals surface area contributed by atoms with Gasteiger partial charge in [0.1, 0.15) is 11.6 Å². The van der Waals surface area contributed by atoms with Gasteiger partial charge in [0.05, 0.1) is 6.54 Å². The van der Waals surface area contributed by atoms with E-state index in [1.54, 1.807) is 18.2 Å². The smallest absolute Gasteiger partial charge is 0.289 e. The molecule has 1 aliphatic rings. The molecule has 1 fully saturated rings. The van der Waals surface area contributed by atoms with Gasteiger partial charge in [-0.2, -0.15) is 0 Å². The van der Waals surface area contributed by atoms with Crippen LogP contribution in [0.15, 0.2) is 65.1 Å². The minimum atomic E-state index is -0.254. The summed E-state index contributed by atoms with van der Waals surface area (Å²) in [4.78, 5) is 16.9. The van der Waals surface area contributed by atoms with Crippen molar-refractivity contribution in [3.05, 3.63) is 94.2 Å². The maximum atomic E-state index is 13.7. The second-order valence-corrected chi connectivity index (χ2v) is 9.08. The topological polar surface area (TPSA) is 36.7 Å². The summed E-state index contributed by atoms with van der Waals surface area (Å²) in [5.41, 5.74) is 1.97. The molecule has 0 aliphatic carbocycles. The first-order valence-corrected chi connectivity index (χ1v) is 11.4. The SMILES string of the molecule is CC1CCN(C(=O)c2ccc(CN(Cc3ccc(Cl)cc3)Cc3cccc(F)c3)o2)CC1. The van der Waals surface area contributed by atoms with Gasteiger partial charge in [0.2, 0.25) is 0 Å². The van der Waals surface area contributed by atoms with Crippen molar-refractivity contribution in [2.45, 2.75) is 39.4 Å². The predicted molar refractivity (Wildman–Crippen MR) is 124 cm³/mol. The third kappa shape index (κ3) is 5.99. The standard InChI is InChI=1S/C26H28ClFN2O2/c1-19-11-13-30(14-12-19)26(31)25-10-9-24(32-25)18-29(16-20-5-7-22(27)8-6-20)17-21-3-2-4-23(28)15-21/h2-10,15,19H,11-14,16-18H2,1H3. The highest BCUT2D eigenvalue weighted by atomic mass is 35.5. The molecule has 2 heterocycles. The van der Waals surface area contributed by atoms with E-state index < -0.39 is 0 Å². The molecule has 0 N–H and O–H groups in total. The van der Waals surface area contributed by atoms with Crippen LogP contribution in [0.3, 0.4) is 0 Å². The van der Waals surface area contributed by atoms with Crippen molar-refractivity contribution in [1.29, 1.82) is 0 Å². The molecule has 0 radical (unpaired) electrons. The lowest BCUT2D eigenvalue weighted by Gasteiger charge is -2.29. The fourth-order valence-electron chi connectivity index (χ4n) is 4.07. The monoisotopic (exact) mass is 454 g/mol. The van der Waals surface area contributed by atoms with Crippen molar-refractivity contribution in [2.24, 2.45) is 5.92 Å². The molecule has 1 aromatic heterocycles.